The van der Waals surface area contributed by atoms with E-state index in [0.29, 0.717) is 11.5 Å². The smallest absolute Gasteiger partial charge is 0.0661 e. The molecule has 0 aliphatic heterocycles. The second-order valence-corrected chi connectivity index (χ2v) is 6.23. The first-order valence-electron chi connectivity index (χ1n) is 8.14. The van der Waals surface area contributed by atoms with Crippen molar-refractivity contribution < 1.29 is 4.74 Å². The summed E-state index contributed by atoms with van der Waals surface area (Å²) in [4.78, 5) is 0. The Morgan fingerprint density at radius 1 is 1.22 bits per heavy atom. The highest BCUT2D eigenvalue weighted by Crippen LogP contribution is 2.54. The molecule has 2 nitrogen and oxygen atoms in total. The molecule has 106 valence electrons. The molecule has 3 atom stereocenters. The van der Waals surface area contributed by atoms with Crippen LogP contribution >= 0.6 is 0 Å². The van der Waals surface area contributed by atoms with Crippen LogP contribution in [0.25, 0.3) is 0 Å². The Balaban J connectivity index is 1.93. The summed E-state index contributed by atoms with van der Waals surface area (Å²) >= 11 is 0. The quantitative estimate of drug-likeness (QED) is 0.743. The second kappa shape index (κ2) is 6.38. The highest BCUT2D eigenvalue weighted by Gasteiger charge is 2.56. The Kier molecular flexibility index (Phi) is 5.08. The first-order chi connectivity index (χ1) is 8.76. The van der Waals surface area contributed by atoms with Gasteiger partial charge in [-0.2, -0.15) is 0 Å². The SMILES string of the molecule is CCCC(CC)NC1CC(OCC)C12CCCC2. The zero-order chi connectivity index (χ0) is 13.0. The fraction of sp³-hybridized carbons (Fsp3) is 1.00. The molecule has 0 aromatic heterocycles. The zero-order valence-corrected chi connectivity index (χ0v) is 12.5. The molecular weight excluding hydrogens is 222 g/mol. The van der Waals surface area contributed by atoms with E-state index in [2.05, 4.69) is 26.1 Å². The van der Waals surface area contributed by atoms with Gasteiger partial charge in [0.05, 0.1) is 6.10 Å². The largest absolute Gasteiger partial charge is 0.378 e. The van der Waals surface area contributed by atoms with Crippen molar-refractivity contribution in [3.05, 3.63) is 0 Å². The minimum atomic E-state index is 0.497. The van der Waals surface area contributed by atoms with Crippen LogP contribution in [0.1, 0.15) is 72.1 Å². The Morgan fingerprint density at radius 3 is 2.50 bits per heavy atom. The summed E-state index contributed by atoms with van der Waals surface area (Å²) < 4.78 is 5.98. The van der Waals surface area contributed by atoms with E-state index in [1.807, 2.05) is 0 Å². The maximum absolute atomic E-state index is 5.98. The van der Waals surface area contributed by atoms with Crippen molar-refractivity contribution in [1.82, 2.24) is 5.32 Å². The van der Waals surface area contributed by atoms with Crippen LogP contribution in [-0.2, 0) is 4.74 Å². The molecule has 2 saturated carbocycles. The highest BCUT2D eigenvalue weighted by atomic mass is 16.5. The van der Waals surface area contributed by atoms with Crippen LogP contribution in [0.4, 0.5) is 0 Å². The lowest BCUT2D eigenvalue weighted by atomic mass is 9.60. The molecule has 1 spiro atoms. The van der Waals surface area contributed by atoms with Crippen molar-refractivity contribution >= 4 is 0 Å². The lowest BCUT2D eigenvalue weighted by Crippen LogP contribution is -2.64. The Hall–Kier alpha value is -0.0800. The van der Waals surface area contributed by atoms with E-state index in [-0.39, 0.29) is 0 Å². The summed E-state index contributed by atoms with van der Waals surface area (Å²) in [6.07, 6.45) is 11.3. The molecule has 0 saturated heterocycles. The summed E-state index contributed by atoms with van der Waals surface area (Å²) in [5, 5.41) is 3.95. The van der Waals surface area contributed by atoms with E-state index in [1.165, 1.54) is 51.4 Å². The number of rotatable bonds is 7. The van der Waals surface area contributed by atoms with E-state index in [0.717, 1.165) is 18.7 Å². The summed E-state index contributed by atoms with van der Waals surface area (Å²) in [6, 6.07) is 1.45. The predicted octanol–water partition coefficient (Wildman–Crippen LogP) is 3.89. The van der Waals surface area contributed by atoms with Gasteiger partial charge in [0, 0.05) is 24.1 Å². The zero-order valence-electron chi connectivity index (χ0n) is 12.5. The maximum Gasteiger partial charge on any atom is 0.0661 e. The van der Waals surface area contributed by atoms with Crippen LogP contribution in [0.3, 0.4) is 0 Å². The van der Waals surface area contributed by atoms with E-state index in [1.54, 1.807) is 0 Å². The van der Waals surface area contributed by atoms with E-state index >= 15 is 0 Å². The lowest BCUT2D eigenvalue weighted by molar-refractivity contribution is -0.132. The molecule has 1 N–H and O–H groups in total. The van der Waals surface area contributed by atoms with E-state index in [4.69, 9.17) is 4.74 Å². The Labute approximate surface area is 113 Å². The molecule has 18 heavy (non-hydrogen) atoms. The molecular formula is C16H31NO. The molecule has 0 heterocycles. The fourth-order valence-electron chi connectivity index (χ4n) is 4.16. The van der Waals surface area contributed by atoms with Crippen LogP contribution in [0.5, 0.6) is 0 Å². The van der Waals surface area contributed by atoms with Crippen molar-refractivity contribution in [2.24, 2.45) is 5.41 Å². The average molecular weight is 253 g/mol. The topological polar surface area (TPSA) is 21.3 Å². The number of hydrogen-bond donors (Lipinski definition) is 1. The summed E-state index contributed by atoms with van der Waals surface area (Å²) in [7, 11) is 0. The Morgan fingerprint density at radius 2 is 1.94 bits per heavy atom. The van der Waals surface area contributed by atoms with Gasteiger partial charge in [-0.05, 0) is 39.0 Å². The van der Waals surface area contributed by atoms with Gasteiger partial charge in [0.15, 0.2) is 0 Å². The summed E-state index contributed by atoms with van der Waals surface area (Å²) in [6.45, 7) is 7.62. The number of hydrogen-bond acceptors (Lipinski definition) is 2. The first-order valence-corrected chi connectivity index (χ1v) is 8.14. The van der Waals surface area contributed by atoms with Crippen LogP contribution in [0, 0.1) is 5.41 Å². The monoisotopic (exact) mass is 253 g/mol. The number of nitrogens with one attached hydrogen (secondary N) is 1. The highest BCUT2D eigenvalue weighted by molar-refractivity contribution is 5.10. The normalized spacial score (nSPS) is 31.5. The van der Waals surface area contributed by atoms with Crippen molar-refractivity contribution in [1.29, 1.82) is 0 Å². The van der Waals surface area contributed by atoms with Crippen LogP contribution in [0.2, 0.25) is 0 Å². The van der Waals surface area contributed by atoms with Gasteiger partial charge in [-0.3, -0.25) is 0 Å². The van der Waals surface area contributed by atoms with Gasteiger partial charge >= 0.3 is 0 Å². The molecule has 2 aliphatic carbocycles. The van der Waals surface area contributed by atoms with Gasteiger partial charge in [-0.25, -0.2) is 0 Å². The third-order valence-corrected chi connectivity index (χ3v) is 5.25. The number of ether oxygens (including phenoxy) is 1. The molecule has 0 bridgehead atoms. The molecule has 2 rings (SSSR count). The van der Waals surface area contributed by atoms with Gasteiger partial charge in [-0.15, -0.1) is 0 Å². The molecule has 2 aliphatic rings. The second-order valence-electron chi connectivity index (χ2n) is 6.23. The molecule has 0 aromatic carbocycles. The van der Waals surface area contributed by atoms with Gasteiger partial charge in [-0.1, -0.05) is 33.1 Å². The van der Waals surface area contributed by atoms with E-state index in [9.17, 15) is 0 Å². The van der Waals surface area contributed by atoms with E-state index < -0.39 is 0 Å². The third-order valence-electron chi connectivity index (χ3n) is 5.25. The molecule has 0 aromatic rings. The Bertz CT molecular complexity index is 247. The molecule has 0 radical (unpaired) electrons. The standard InChI is InChI=1S/C16H31NO/c1-4-9-13(5-2)17-14-12-15(18-6-3)16(14)10-7-8-11-16/h13-15,17H,4-12H2,1-3H3. The fourth-order valence-corrected chi connectivity index (χ4v) is 4.16. The van der Waals surface area contributed by atoms with Gasteiger partial charge in [0.2, 0.25) is 0 Å². The van der Waals surface area contributed by atoms with Crippen molar-refractivity contribution in [2.45, 2.75) is 90.3 Å². The lowest BCUT2D eigenvalue weighted by Gasteiger charge is -2.55. The summed E-state index contributed by atoms with van der Waals surface area (Å²) in [5.74, 6) is 0. The molecule has 3 unspecified atom stereocenters. The van der Waals surface area contributed by atoms with Crippen LogP contribution in [0.15, 0.2) is 0 Å². The van der Waals surface area contributed by atoms with Crippen LogP contribution in [-0.4, -0.2) is 24.8 Å². The van der Waals surface area contributed by atoms with Gasteiger partial charge in [0.25, 0.3) is 0 Å². The van der Waals surface area contributed by atoms with Crippen molar-refractivity contribution in [2.75, 3.05) is 6.61 Å². The minimum Gasteiger partial charge on any atom is -0.378 e. The first kappa shape index (κ1) is 14.3. The predicted molar refractivity (Wildman–Crippen MR) is 76.8 cm³/mol. The van der Waals surface area contributed by atoms with Crippen molar-refractivity contribution in [3.63, 3.8) is 0 Å². The molecule has 0 amide bonds. The average Bonchev–Trinajstić information content (AvgIpc) is 2.88. The van der Waals surface area contributed by atoms with Crippen molar-refractivity contribution in [3.8, 4) is 0 Å². The van der Waals surface area contributed by atoms with Gasteiger partial charge in [0.1, 0.15) is 0 Å². The minimum absolute atomic E-state index is 0.497. The maximum atomic E-state index is 5.98. The van der Waals surface area contributed by atoms with Crippen LogP contribution < -0.4 is 5.32 Å². The molecule has 2 fully saturated rings. The molecule has 2 heteroatoms. The summed E-state index contributed by atoms with van der Waals surface area (Å²) in [5.41, 5.74) is 0.497. The third kappa shape index (κ3) is 2.60. The van der Waals surface area contributed by atoms with Gasteiger partial charge < -0.3 is 10.1 Å².